The van der Waals surface area contributed by atoms with Crippen molar-refractivity contribution in [2.45, 2.75) is 18.9 Å². The minimum Gasteiger partial charge on any atom is -0.494 e. The highest BCUT2D eigenvalue weighted by Gasteiger charge is 2.26. The third kappa shape index (κ3) is 6.56. The molecule has 1 atom stereocenters. The number of hydrogen-bond donors (Lipinski definition) is 3. The number of anilines is 2. The smallest absolute Gasteiger partial charge is 0.257 e. The van der Waals surface area contributed by atoms with Crippen LogP contribution >= 0.6 is 24.8 Å². The van der Waals surface area contributed by atoms with E-state index in [4.69, 9.17) is 15.2 Å². The summed E-state index contributed by atoms with van der Waals surface area (Å²) in [7, 11) is 1.49. The van der Waals surface area contributed by atoms with Crippen molar-refractivity contribution >= 4 is 48.0 Å². The van der Waals surface area contributed by atoms with Gasteiger partial charge in [-0.2, -0.15) is 0 Å². The van der Waals surface area contributed by atoms with E-state index in [9.17, 15) is 9.59 Å². The molecule has 4 N–H and O–H groups in total. The predicted octanol–water partition coefficient (Wildman–Crippen LogP) is 2.88. The first-order valence-corrected chi connectivity index (χ1v) is 9.12. The molecular formula is C20H26Cl2N4O4. The fraction of sp³-hybridized carbons (Fsp3) is 0.350. The average molecular weight is 457 g/mol. The Balaban J connectivity index is 0.00000225. The molecule has 2 heterocycles. The van der Waals surface area contributed by atoms with Crippen LogP contribution in [0.2, 0.25) is 0 Å². The maximum absolute atomic E-state index is 12.5. The molecule has 2 amide bonds. The monoisotopic (exact) mass is 456 g/mol. The molecule has 164 valence electrons. The van der Waals surface area contributed by atoms with Gasteiger partial charge in [-0.15, -0.1) is 24.8 Å². The Morgan fingerprint density at radius 2 is 1.93 bits per heavy atom. The van der Waals surface area contributed by atoms with Gasteiger partial charge in [0.05, 0.1) is 24.4 Å². The highest BCUT2D eigenvalue weighted by Crippen LogP contribution is 2.29. The number of rotatable bonds is 6. The van der Waals surface area contributed by atoms with Gasteiger partial charge in [-0.25, -0.2) is 0 Å². The number of pyridine rings is 1. The van der Waals surface area contributed by atoms with Crippen LogP contribution in [0.25, 0.3) is 0 Å². The van der Waals surface area contributed by atoms with Gasteiger partial charge in [-0.1, -0.05) is 0 Å². The maximum atomic E-state index is 12.5. The van der Waals surface area contributed by atoms with E-state index in [2.05, 4.69) is 15.6 Å². The number of halogens is 2. The highest BCUT2D eigenvalue weighted by atomic mass is 35.5. The lowest BCUT2D eigenvalue weighted by Crippen LogP contribution is -2.44. The number of nitrogens with two attached hydrogens (primary N) is 1. The molecule has 0 aliphatic carbocycles. The summed E-state index contributed by atoms with van der Waals surface area (Å²) in [6.45, 7) is 1.26. The van der Waals surface area contributed by atoms with E-state index in [1.165, 1.54) is 13.3 Å². The Morgan fingerprint density at radius 3 is 2.57 bits per heavy atom. The van der Waals surface area contributed by atoms with Crippen LogP contribution in [-0.2, 0) is 9.53 Å². The Labute approximate surface area is 187 Å². The molecule has 1 aromatic carbocycles. The van der Waals surface area contributed by atoms with Gasteiger partial charge in [-0.05, 0) is 43.0 Å². The summed E-state index contributed by atoms with van der Waals surface area (Å²) in [4.78, 5) is 28.7. The third-order valence-corrected chi connectivity index (χ3v) is 4.72. The second kappa shape index (κ2) is 12.3. The van der Waals surface area contributed by atoms with Crippen LogP contribution in [0.5, 0.6) is 5.75 Å². The number of carbonyl (C=O) groups excluding carboxylic acids is 2. The largest absolute Gasteiger partial charge is 0.494 e. The quantitative estimate of drug-likeness (QED) is 0.615. The Hall–Kier alpha value is -2.39. The summed E-state index contributed by atoms with van der Waals surface area (Å²) in [5.41, 5.74) is 7.58. The molecule has 8 nitrogen and oxygen atoms in total. The van der Waals surface area contributed by atoms with Gasteiger partial charge in [0.15, 0.2) is 0 Å². The first-order chi connectivity index (χ1) is 13.6. The average Bonchev–Trinajstić information content (AvgIpc) is 2.75. The molecule has 1 aliphatic rings. The molecule has 2 aromatic rings. The van der Waals surface area contributed by atoms with Crippen molar-refractivity contribution in [1.29, 1.82) is 0 Å². The van der Waals surface area contributed by atoms with E-state index in [-0.39, 0.29) is 42.5 Å². The van der Waals surface area contributed by atoms with Crippen LogP contribution < -0.4 is 21.1 Å². The van der Waals surface area contributed by atoms with Crippen LogP contribution in [0.15, 0.2) is 42.7 Å². The molecule has 0 bridgehead atoms. The SMILES string of the molecule is COc1cc(NC(=O)C(N)C2CCOCC2)ccc1NC(=O)c1cccnc1.Cl.Cl. The molecule has 1 fully saturated rings. The second-order valence-electron chi connectivity index (χ2n) is 6.58. The summed E-state index contributed by atoms with van der Waals surface area (Å²) in [6, 6.07) is 7.76. The van der Waals surface area contributed by atoms with E-state index in [1.54, 1.807) is 36.5 Å². The van der Waals surface area contributed by atoms with Crippen LogP contribution in [0, 0.1) is 5.92 Å². The Morgan fingerprint density at radius 1 is 1.20 bits per heavy atom. The molecule has 10 heteroatoms. The van der Waals surface area contributed by atoms with Crippen molar-refractivity contribution < 1.29 is 19.1 Å². The number of nitrogens with zero attached hydrogens (tertiary/aromatic N) is 1. The minimum atomic E-state index is -0.597. The first kappa shape index (κ1) is 25.6. The maximum Gasteiger partial charge on any atom is 0.257 e. The number of methoxy groups -OCH3 is 1. The zero-order valence-corrected chi connectivity index (χ0v) is 18.1. The summed E-state index contributed by atoms with van der Waals surface area (Å²) >= 11 is 0. The lowest BCUT2D eigenvalue weighted by atomic mass is 9.92. The number of hydrogen-bond acceptors (Lipinski definition) is 6. The molecule has 0 radical (unpaired) electrons. The van der Waals surface area contributed by atoms with E-state index in [0.717, 1.165) is 12.8 Å². The van der Waals surface area contributed by atoms with Gasteiger partial charge in [0.1, 0.15) is 5.75 Å². The lowest BCUT2D eigenvalue weighted by Gasteiger charge is -2.26. The van der Waals surface area contributed by atoms with Crippen molar-refractivity contribution in [3.8, 4) is 5.75 Å². The van der Waals surface area contributed by atoms with Gasteiger partial charge in [-0.3, -0.25) is 14.6 Å². The van der Waals surface area contributed by atoms with Crippen LogP contribution in [-0.4, -0.2) is 43.2 Å². The van der Waals surface area contributed by atoms with Crippen molar-refractivity contribution in [3.05, 3.63) is 48.3 Å². The number of ether oxygens (including phenoxy) is 2. The van der Waals surface area contributed by atoms with Crippen molar-refractivity contribution in [2.24, 2.45) is 11.7 Å². The van der Waals surface area contributed by atoms with E-state index < -0.39 is 6.04 Å². The molecule has 0 spiro atoms. The van der Waals surface area contributed by atoms with Crippen LogP contribution in [0.3, 0.4) is 0 Å². The van der Waals surface area contributed by atoms with E-state index in [0.29, 0.717) is 35.9 Å². The van der Waals surface area contributed by atoms with Crippen molar-refractivity contribution in [1.82, 2.24) is 4.98 Å². The lowest BCUT2D eigenvalue weighted by molar-refractivity contribution is -0.119. The standard InChI is InChI=1S/C20H24N4O4.2ClH/c1-27-17-11-15(23-20(26)18(21)13-6-9-28-10-7-13)4-5-16(17)24-19(25)14-3-2-8-22-12-14;;/h2-5,8,11-13,18H,6-7,9-10,21H2,1H3,(H,23,26)(H,24,25);2*1H. The topological polar surface area (TPSA) is 116 Å². The Bertz CT molecular complexity index is 833. The second-order valence-corrected chi connectivity index (χ2v) is 6.58. The van der Waals surface area contributed by atoms with Gasteiger partial charge >= 0.3 is 0 Å². The highest BCUT2D eigenvalue weighted by molar-refractivity contribution is 6.05. The Kier molecular flexibility index (Phi) is 10.5. The molecule has 1 saturated heterocycles. The molecule has 1 aliphatic heterocycles. The van der Waals surface area contributed by atoms with E-state index in [1.807, 2.05) is 0 Å². The number of carbonyl (C=O) groups is 2. The summed E-state index contributed by atoms with van der Waals surface area (Å²) in [6.07, 6.45) is 4.63. The summed E-state index contributed by atoms with van der Waals surface area (Å²) in [5, 5.41) is 5.60. The minimum absolute atomic E-state index is 0. The van der Waals surface area contributed by atoms with Crippen LogP contribution in [0.1, 0.15) is 23.2 Å². The first-order valence-electron chi connectivity index (χ1n) is 9.12. The number of amides is 2. The van der Waals surface area contributed by atoms with Crippen LogP contribution in [0.4, 0.5) is 11.4 Å². The fourth-order valence-electron chi connectivity index (χ4n) is 3.08. The summed E-state index contributed by atoms with van der Waals surface area (Å²) in [5.74, 6) is -0.0193. The van der Waals surface area contributed by atoms with Crippen molar-refractivity contribution in [3.63, 3.8) is 0 Å². The predicted molar refractivity (Wildman–Crippen MR) is 120 cm³/mol. The molecule has 0 saturated carbocycles. The third-order valence-electron chi connectivity index (χ3n) is 4.72. The normalized spacial score (nSPS) is 14.5. The van der Waals surface area contributed by atoms with Gasteiger partial charge in [0.25, 0.3) is 5.91 Å². The van der Waals surface area contributed by atoms with E-state index >= 15 is 0 Å². The molecule has 1 aromatic heterocycles. The molecule has 30 heavy (non-hydrogen) atoms. The number of aromatic nitrogens is 1. The fourth-order valence-corrected chi connectivity index (χ4v) is 3.08. The number of nitrogens with one attached hydrogen (secondary N) is 2. The summed E-state index contributed by atoms with van der Waals surface area (Å²) < 4.78 is 10.7. The van der Waals surface area contributed by atoms with Gasteiger partial charge in [0, 0.05) is 37.4 Å². The molecule has 3 rings (SSSR count). The molecule has 1 unspecified atom stereocenters. The zero-order valence-electron chi connectivity index (χ0n) is 16.5. The van der Waals surface area contributed by atoms with Crippen molar-refractivity contribution in [2.75, 3.05) is 31.0 Å². The number of benzene rings is 1. The zero-order chi connectivity index (χ0) is 19.9. The van der Waals surface area contributed by atoms with Gasteiger partial charge < -0.3 is 25.8 Å². The van der Waals surface area contributed by atoms with Gasteiger partial charge in [0.2, 0.25) is 5.91 Å². The molecular weight excluding hydrogens is 431 g/mol.